The third-order valence-electron chi connectivity index (χ3n) is 8.82. The lowest BCUT2D eigenvalue weighted by Gasteiger charge is -2.34. The topological polar surface area (TPSA) is 102 Å². The Morgan fingerprint density at radius 1 is 0.544 bits per heavy atom. The van der Waals surface area contributed by atoms with Gasteiger partial charge in [-0.05, 0) is 64.2 Å². The van der Waals surface area contributed by atoms with Gasteiger partial charge in [-0.15, -0.1) is 0 Å². The van der Waals surface area contributed by atoms with E-state index in [2.05, 4.69) is 62.5 Å². The SMILES string of the molecule is CC/C=C/C=C/C=C/C=C/C=C/C=C/CCCCCC(=O)OC(COCCC(C(=O)[O-])[N+](C)(C)C)COC(=O)CCCCCCCC/C=C/C/C=C/C/C=C/CC. The van der Waals surface area contributed by atoms with Gasteiger partial charge in [-0.2, -0.15) is 0 Å². The molecule has 57 heavy (non-hydrogen) atoms. The zero-order valence-electron chi connectivity index (χ0n) is 36.2. The van der Waals surface area contributed by atoms with Crippen LogP contribution in [0.3, 0.4) is 0 Å². The van der Waals surface area contributed by atoms with Crippen LogP contribution in [0.15, 0.2) is 109 Å². The number of carbonyl (C=O) groups excluding carboxylic acids is 3. The molecule has 0 saturated carbocycles. The molecule has 0 spiro atoms. The van der Waals surface area contributed by atoms with Crippen LogP contribution in [0.1, 0.15) is 129 Å². The Hall–Kier alpha value is -4.01. The van der Waals surface area contributed by atoms with Crippen LogP contribution in [0.4, 0.5) is 0 Å². The Bertz CT molecular complexity index is 1290. The average Bonchev–Trinajstić information content (AvgIpc) is 3.17. The van der Waals surface area contributed by atoms with Crippen LogP contribution in [-0.2, 0) is 28.6 Å². The van der Waals surface area contributed by atoms with Gasteiger partial charge in [0, 0.05) is 19.3 Å². The minimum atomic E-state index is -1.14. The van der Waals surface area contributed by atoms with Crippen LogP contribution in [0, 0.1) is 0 Å². The molecule has 8 nitrogen and oxygen atoms in total. The highest BCUT2D eigenvalue weighted by Gasteiger charge is 2.25. The molecule has 0 aromatic carbocycles. The molecule has 0 N–H and O–H groups in total. The number of hydrogen-bond acceptors (Lipinski definition) is 7. The lowest BCUT2D eigenvalue weighted by Crippen LogP contribution is -2.55. The first kappa shape index (κ1) is 53.0. The summed E-state index contributed by atoms with van der Waals surface area (Å²) >= 11 is 0. The summed E-state index contributed by atoms with van der Waals surface area (Å²) in [5, 5.41) is 11.6. The molecule has 0 rings (SSSR count). The van der Waals surface area contributed by atoms with Crippen molar-refractivity contribution in [2.24, 2.45) is 0 Å². The minimum Gasteiger partial charge on any atom is -0.544 e. The van der Waals surface area contributed by atoms with Gasteiger partial charge < -0.3 is 28.6 Å². The van der Waals surface area contributed by atoms with E-state index >= 15 is 0 Å². The Kier molecular flexibility index (Phi) is 36.1. The van der Waals surface area contributed by atoms with Crippen LogP contribution < -0.4 is 5.11 Å². The summed E-state index contributed by atoms with van der Waals surface area (Å²) in [5.74, 6) is -1.83. The van der Waals surface area contributed by atoms with E-state index in [1.54, 1.807) is 21.1 Å². The van der Waals surface area contributed by atoms with E-state index in [-0.39, 0.29) is 49.1 Å². The number of unbranched alkanes of at least 4 members (excludes halogenated alkanes) is 9. The summed E-state index contributed by atoms with van der Waals surface area (Å²) in [6, 6.07) is -0.743. The predicted molar refractivity (Wildman–Crippen MR) is 235 cm³/mol. The maximum atomic E-state index is 12.7. The van der Waals surface area contributed by atoms with Gasteiger partial charge in [-0.25, -0.2) is 0 Å². The Morgan fingerprint density at radius 2 is 1.02 bits per heavy atom. The van der Waals surface area contributed by atoms with Gasteiger partial charge in [0.2, 0.25) is 0 Å². The molecule has 0 heterocycles. The van der Waals surface area contributed by atoms with Crippen molar-refractivity contribution in [3.63, 3.8) is 0 Å². The average molecular weight is 792 g/mol. The quantitative estimate of drug-likeness (QED) is 0.0205. The van der Waals surface area contributed by atoms with Crippen molar-refractivity contribution >= 4 is 17.9 Å². The van der Waals surface area contributed by atoms with Crippen LogP contribution in [0.25, 0.3) is 0 Å². The van der Waals surface area contributed by atoms with E-state index in [4.69, 9.17) is 14.2 Å². The van der Waals surface area contributed by atoms with Crippen molar-refractivity contribution in [1.29, 1.82) is 0 Å². The van der Waals surface area contributed by atoms with E-state index in [0.717, 1.165) is 77.0 Å². The molecule has 0 aliphatic carbocycles. The van der Waals surface area contributed by atoms with Gasteiger partial charge in [0.05, 0.1) is 40.3 Å². The van der Waals surface area contributed by atoms with Crippen molar-refractivity contribution in [2.75, 3.05) is 41.0 Å². The third kappa shape index (κ3) is 37.3. The van der Waals surface area contributed by atoms with E-state index < -0.39 is 18.1 Å². The number of carboxylic acid groups (broad SMARTS) is 1. The zero-order valence-corrected chi connectivity index (χ0v) is 36.2. The van der Waals surface area contributed by atoms with Crippen molar-refractivity contribution in [2.45, 2.75) is 142 Å². The number of rotatable bonds is 36. The number of ether oxygens (including phenoxy) is 3. The Morgan fingerprint density at radius 3 is 1.60 bits per heavy atom. The van der Waals surface area contributed by atoms with Crippen molar-refractivity contribution in [3.8, 4) is 0 Å². The Labute approximate surface area is 347 Å². The molecule has 0 fully saturated rings. The second kappa shape index (κ2) is 38.8. The fraction of sp³-hybridized carbons (Fsp3) is 0.571. The van der Waals surface area contributed by atoms with E-state index in [9.17, 15) is 19.5 Å². The third-order valence-corrected chi connectivity index (χ3v) is 8.82. The fourth-order valence-electron chi connectivity index (χ4n) is 5.53. The molecule has 0 aromatic heterocycles. The molecule has 0 aliphatic rings. The lowest BCUT2D eigenvalue weighted by atomic mass is 10.1. The number of likely N-dealkylation sites (N-methyl/N-ethyl adjacent to an activating group) is 1. The number of nitrogens with zero attached hydrogens (tertiary/aromatic N) is 1. The van der Waals surface area contributed by atoms with E-state index in [1.165, 1.54) is 12.8 Å². The molecule has 320 valence electrons. The van der Waals surface area contributed by atoms with Crippen molar-refractivity contribution in [1.82, 2.24) is 0 Å². The first-order chi connectivity index (χ1) is 27.6. The van der Waals surface area contributed by atoms with Gasteiger partial charge in [-0.1, -0.05) is 155 Å². The van der Waals surface area contributed by atoms with Gasteiger partial charge >= 0.3 is 11.9 Å². The number of hydrogen-bond donors (Lipinski definition) is 0. The molecule has 2 unspecified atom stereocenters. The number of aliphatic carboxylic acids is 1. The van der Waals surface area contributed by atoms with Crippen LogP contribution in [0.5, 0.6) is 0 Å². The first-order valence-electron chi connectivity index (χ1n) is 21.5. The molecule has 8 heteroatoms. The van der Waals surface area contributed by atoms with Crippen molar-refractivity contribution in [3.05, 3.63) is 109 Å². The zero-order chi connectivity index (χ0) is 42.1. The normalized spacial score (nSPS) is 14.1. The molecular weight excluding hydrogens is 715 g/mol. The monoisotopic (exact) mass is 792 g/mol. The standard InChI is InChI=1S/C49H77NO7/c1-6-8-10-12-14-16-18-20-22-24-26-28-30-32-34-36-38-40-48(52)57-45(43-55-42-41-46(49(53)54)50(3,4)5)44-56-47(51)39-37-35-33-31-29-27-25-23-21-19-17-15-13-11-9-7-2/h8-12,14-18,20-24,26,28,30,45-46H,6-7,13,19,25,27,29,31-44H2,1-5H3/b10-8+,11-9+,14-12+,17-15+,18-16+,22-20+,23-21+,26-24+,30-28+. The summed E-state index contributed by atoms with van der Waals surface area (Å²) in [7, 11) is 5.37. The van der Waals surface area contributed by atoms with Gasteiger partial charge in [0.25, 0.3) is 0 Å². The van der Waals surface area contributed by atoms with E-state index in [1.807, 2.05) is 60.8 Å². The highest BCUT2D eigenvalue weighted by atomic mass is 16.6. The minimum absolute atomic E-state index is 0.00987. The fourth-order valence-corrected chi connectivity index (χ4v) is 5.53. The van der Waals surface area contributed by atoms with Gasteiger partial charge in [0.1, 0.15) is 12.6 Å². The first-order valence-corrected chi connectivity index (χ1v) is 21.5. The summed E-state index contributed by atoms with van der Waals surface area (Å²) < 4.78 is 17.1. The molecule has 0 saturated heterocycles. The molecule has 0 amide bonds. The number of allylic oxidation sites excluding steroid dienone is 18. The largest absolute Gasteiger partial charge is 0.544 e. The highest BCUT2D eigenvalue weighted by Crippen LogP contribution is 2.12. The molecule has 0 aromatic rings. The summed E-state index contributed by atoms with van der Waals surface area (Å²) in [6.45, 7) is 4.31. The van der Waals surface area contributed by atoms with Crippen molar-refractivity contribution < 1.29 is 38.2 Å². The number of carboxylic acids is 1. The second-order valence-electron chi connectivity index (χ2n) is 15.0. The summed E-state index contributed by atoms with van der Waals surface area (Å²) in [5.41, 5.74) is 0. The number of esters is 2. The molecular formula is C49H77NO7. The molecule has 0 bridgehead atoms. The molecule has 0 aliphatic heterocycles. The maximum absolute atomic E-state index is 12.7. The summed E-state index contributed by atoms with van der Waals surface area (Å²) in [6.07, 6.45) is 52.5. The van der Waals surface area contributed by atoms with Crippen LogP contribution >= 0.6 is 0 Å². The maximum Gasteiger partial charge on any atom is 0.306 e. The van der Waals surface area contributed by atoms with E-state index in [0.29, 0.717) is 12.8 Å². The lowest BCUT2D eigenvalue weighted by molar-refractivity contribution is -0.889. The molecule has 0 radical (unpaired) electrons. The van der Waals surface area contributed by atoms with Crippen LogP contribution in [0.2, 0.25) is 0 Å². The second-order valence-corrected chi connectivity index (χ2v) is 15.0. The van der Waals surface area contributed by atoms with Crippen LogP contribution in [-0.4, -0.2) is 75.5 Å². The Balaban J connectivity index is 4.51. The van der Waals surface area contributed by atoms with Gasteiger partial charge in [-0.3, -0.25) is 9.59 Å². The molecule has 2 atom stereocenters. The van der Waals surface area contributed by atoms with Gasteiger partial charge in [0.15, 0.2) is 6.10 Å². The highest BCUT2D eigenvalue weighted by molar-refractivity contribution is 5.70. The number of carbonyl (C=O) groups is 3. The summed E-state index contributed by atoms with van der Waals surface area (Å²) in [4.78, 5) is 36.8. The smallest absolute Gasteiger partial charge is 0.306 e. The number of quaternary nitrogens is 1. The predicted octanol–water partition coefficient (Wildman–Crippen LogP) is 10.4.